The normalized spacial score (nSPS) is 17.2. The number of carbonyl (C=O) groups is 1. The molecule has 0 aromatic rings. The highest BCUT2D eigenvalue weighted by molar-refractivity contribution is 5.79. The van der Waals surface area contributed by atoms with Gasteiger partial charge in [0.15, 0.2) is 0 Å². The molecule has 0 saturated carbocycles. The summed E-state index contributed by atoms with van der Waals surface area (Å²) in [4.78, 5) is 11.3. The highest BCUT2D eigenvalue weighted by Crippen LogP contribution is 2.04. The molecule has 76 valence electrons. The van der Waals surface area contributed by atoms with Gasteiger partial charge in [0.25, 0.3) is 0 Å². The lowest BCUT2D eigenvalue weighted by Gasteiger charge is -2.25. The van der Waals surface area contributed by atoms with Crippen molar-refractivity contribution in [3.63, 3.8) is 0 Å². The molecule has 1 amide bonds. The zero-order valence-corrected chi connectivity index (χ0v) is 8.60. The van der Waals surface area contributed by atoms with Crippen molar-refractivity contribution in [2.45, 2.75) is 26.7 Å². The molecule has 0 aromatic heterocycles. The molecule has 0 spiro atoms. The second-order valence-electron chi connectivity index (χ2n) is 4.18. The van der Waals surface area contributed by atoms with E-state index in [1.807, 2.05) is 0 Å². The van der Waals surface area contributed by atoms with Crippen LogP contribution < -0.4 is 10.6 Å². The summed E-state index contributed by atoms with van der Waals surface area (Å²) in [5, 5.41) is 6.05. The molecule has 0 aromatic carbocycles. The summed E-state index contributed by atoms with van der Waals surface area (Å²) in [5.74, 6) is 1.20. The van der Waals surface area contributed by atoms with E-state index in [-0.39, 0.29) is 11.8 Å². The minimum Gasteiger partial charge on any atom is -0.356 e. The molecule has 0 atom stereocenters. The molecule has 0 radical (unpaired) electrons. The number of amides is 1. The van der Waals surface area contributed by atoms with Crippen LogP contribution in [0.15, 0.2) is 0 Å². The van der Waals surface area contributed by atoms with Crippen LogP contribution in [0.5, 0.6) is 0 Å². The van der Waals surface area contributed by atoms with Gasteiger partial charge in [-0.15, -0.1) is 0 Å². The molecule has 0 aliphatic carbocycles. The minimum atomic E-state index is 0.225. The van der Waals surface area contributed by atoms with Crippen LogP contribution in [0.4, 0.5) is 0 Å². The fourth-order valence-corrected chi connectivity index (χ4v) is 1.34. The molecule has 1 fully saturated rings. The standard InChI is InChI=1S/C10H20N2O/c1-8(2)4-3-5-12-10(13)9-6-11-7-9/h8-9,11H,3-7H2,1-2H3,(H,12,13). The monoisotopic (exact) mass is 184 g/mol. The van der Waals surface area contributed by atoms with Gasteiger partial charge in [-0.2, -0.15) is 0 Å². The van der Waals surface area contributed by atoms with E-state index in [9.17, 15) is 4.79 Å². The van der Waals surface area contributed by atoms with E-state index in [0.717, 1.165) is 32.0 Å². The molecule has 13 heavy (non-hydrogen) atoms. The van der Waals surface area contributed by atoms with Gasteiger partial charge in [0.1, 0.15) is 0 Å². The Morgan fingerprint density at radius 2 is 2.23 bits per heavy atom. The highest BCUT2D eigenvalue weighted by atomic mass is 16.2. The summed E-state index contributed by atoms with van der Waals surface area (Å²) < 4.78 is 0. The molecule has 2 N–H and O–H groups in total. The molecule has 1 saturated heterocycles. The molecule has 0 unspecified atom stereocenters. The van der Waals surface area contributed by atoms with Crippen LogP contribution in [-0.4, -0.2) is 25.5 Å². The lowest BCUT2D eigenvalue weighted by Crippen LogP contribution is -2.50. The Morgan fingerprint density at radius 3 is 2.69 bits per heavy atom. The lowest BCUT2D eigenvalue weighted by molar-refractivity contribution is -0.126. The first kappa shape index (κ1) is 10.5. The third-order valence-corrected chi connectivity index (χ3v) is 2.41. The topological polar surface area (TPSA) is 41.1 Å². The van der Waals surface area contributed by atoms with E-state index in [4.69, 9.17) is 0 Å². The second kappa shape index (κ2) is 5.22. The molecule has 3 heteroatoms. The Hall–Kier alpha value is -0.570. The third kappa shape index (κ3) is 3.77. The van der Waals surface area contributed by atoms with E-state index in [0.29, 0.717) is 0 Å². The number of hydrogen-bond acceptors (Lipinski definition) is 2. The van der Waals surface area contributed by atoms with Crippen LogP contribution in [-0.2, 0) is 4.79 Å². The number of carbonyl (C=O) groups excluding carboxylic acids is 1. The zero-order valence-electron chi connectivity index (χ0n) is 8.60. The molecule has 0 bridgehead atoms. The second-order valence-corrected chi connectivity index (χ2v) is 4.18. The summed E-state index contributed by atoms with van der Waals surface area (Å²) in [7, 11) is 0. The van der Waals surface area contributed by atoms with Gasteiger partial charge in [-0.3, -0.25) is 4.79 Å². The fraction of sp³-hybridized carbons (Fsp3) is 0.900. The zero-order chi connectivity index (χ0) is 9.68. The number of hydrogen-bond donors (Lipinski definition) is 2. The third-order valence-electron chi connectivity index (χ3n) is 2.41. The quantitative estimate of drug-likeness (QED) is 0.619. The van der Waals surface area contributed by atoms with E-state index >= 15 is 0 Å². The van der Waals surface area contributed by atoms with Gasteiger partial charge in [-0.1, -0.05) is 13.8 Å². The van der Waals surface area contributed by atoms with Gasteiger partial charge < -0.3 is 10.6 Å². The van der Waals surface area contributed by atoms with Crippen LogP contribution in [0.1, 0.15) is 26.7 Å². The van der Waals surface area contributed by atoms with Crippen molar-refractivity contribution in [2.75, 3.05) is 19.6 Å². The van der Waals surface area contributed by atoms with Crippen molar-refractivity contribution in [3.8, 4) is 0 Å². The molecule has 1 rings (SSSR count). The molecule has 1 heterocycles. The van der Waals surface area contributed by atoms with Gasteiger partial charge in [0.2, 0.25) is 5.91 Å². The van der Waals surface area contributed by atoms with Crippen LogP contribution in [0, 0.1) is 11.8 Å². The Kier molecular flexibility index (Phi) is 4.22. The fourth-order valence-electron chi connectivity index (χ4n) is 1.34. The van der Waals surface area contributed by atoms with E-state index in [2.05, 4.69) is 24.5 Å². The summed E-state index contributed by atoms with van der Waals surface area (Å²) >= 11 is 0. The first-order valence-corrected chi connectivity index (χ1v) is 5.18. The van der Waals surface area contributed by atoms with E-state index in [1.165, 1.54) is 6.42 Å². The van der Waals surface area contributed by atoms with Crippen molar-refractivity contribution in [1.82, 2.24) is 10.6 Å². The van der Waals surface area contributed by atoms with Gasteiger partial charge in [-0.25, -0.2) is 0 Å². The number of nitrogens with one attached hydrogen (secondary N) is 2. The van der Waals surface area contributed by atoms with Gasteiger partial charge >= 0.3 is 0 Å². The maximum Gasteiger partial charge on any atom is 0.225 e. The highest BCUT2D eigenvalue weighted by Gasteiger charge is 2.23. The maximum absolute atomic E-state index is 11.3. The molecule has 3 nitrogen and oxygen atoms in total. The van der Waals surface area contributed by atoms with E-state index in [1.54, 1.807) is 0 Å². The summed E-state index contributed by atoms with van der Waals surface area (Å²) in [6.07, 6.45) is 2.30. The van der Waals surface area contributed by atoms with Gasteiger partial charge in [0, 0.05) is 19.6 Å². The molecular formula is C10H20N2O. The number of rotatable bonds is 5. The van der Waals surface area contributed by atoms with E-state index < -0.39 is 0 Å². The average molecular weight is 184 g/mol. The molecule has 1 aliphatic heterocycles. The largest absolute Gasteiger partial charge is 0.356 e. The minimum absolute atomic E-state index is 0.225. The first-order chi connectivity index (χ1) is 6.20. The first-order valence-electron chi connectivity index (χ1n) is 5.18. The SMILES string of the molecule is CC(C)CCCNC(=O)C1CNC1. The van der Waals surface area contributed by atoms with Crippen LogP contribution >= 0.6 is 0 Å². The van der Waals surface area contributed by atoms with Crippen molar-refractivity contribution >= 4 is 5.91 Å². The predicted molar refractivity (Wildman–Crippen MR) is 53.4 cm³/mol. The smallest absolute Gasteiger partial charge is 0.225 e. The maximum atomic E-state index is 11.3. The van der Waals surface area contributed by atoms with Gasteiger partial charge in [-0.05, 0) is 18.8 Å². The van der Waals surface area contributed by atoms with Gasteiger partial charge in [0.05, 0.1) is 5.92 Å². The Bertz CT molecular complexity index is 164. The van der Waals surface area contributed by atoms with Crippen molar-refractivity contribution in [2.24, 2.45) is 11.8 Å². The predicted octanol–water partition coefficient (Wildman–Crippen LogP) is 0.758. The van der Waals surface area contributed by atoms with Crippen molar-refractivity contribution in [1.29, 1.82) is 0 Å². The molecular weight excluding hydrogens is 164 g/mol. The Labute approximate surface area is 80.3 Å². The summed E-state index contributed by atoms with van der Waals surface area (Å²) in [6.45, 7) is 6.97. The Balaban J connectivity index is 1.95. The van der Waals surface area contributed by atoms with Crippen LogP contribution in [0.25, 0.3) is 0 Å². The average Bonchev–Trinajstić information content (AvgIpc) is 1.94. The molecule has 1 aliphatic rings. The van der Waals surface area contributed by atoms with Crippen LogP contribution in [0.2, 0.25) is 0 Å². The van der Waals surface area contributed by atoms with Crippen molar-refractivity contribution in [3.05, 3.63) is 0 Å². The summed E-state index contributed by atoms with van der Waals surface area (Å²) in [5.41, 5.74) is 0. The Morgan fingerprint density at radius 1 is 1.54 bits per heavy atom. The lowest BCUT2D eigenvalue weighted by atomic mass is 10.0. The summed E-state index contributed by atoms with van der Waals surface area (Å²) in [6, 6.07) is 0. The van der Waals surface area contributed by atoms with Crippen LogP contribution in [0.3, 0.4) is 0 Å². The van der Waals surface area contributed by atoms with Crippen molar-refractivity contribution < 1.29 is 4.79 Å².